The predicted octanol–water partition coefficient (Wildman–Crippen LogP) is 3.51. The molecule has 7 heteroatoms. The van der Waals surface area contributed by atoms with Crippen LogP contribution in [0.4, 0.5) is 0 Å². The van der Waals surface area contributed by atoms with Crippen LogP contribution in [0, 0.1) is 7.14 Å². The van der Waals surface area contributed by atoms with Gasteiger partial charge in [0, 0.05) is 7.14 Å². The van der Waals surface area contributed by atoms with E-state index in [0.717, 1.165) is 0 Å². The zero-order chi connectivity index (χ0) is 11.3. The first kappa shape index (κ1) is 11.9. The Kier molecular flexibility index (Phi) is 3.17. The van der Waals surface area contributed by atoms with Crippen molar-refractivity contribution >= 4 is 80.3 Å². The summed E-state index contributed by atoms with van der Waals surface area (Å²) < 4.78 is 5.40. The Balaban J connectivity index is 2.92. The standard InChI is InChI=1S/C8Cl2I2O3/c9-3-4(10)6(12)2-1(5(3)11)7(13)15-8(2)14. The van der Waals surface area contributed by atoms with Gasteiger partial charge in [-0.15, -0.1) is 0 Å². The third-order valence-electron chi connectivity index (χ3n) is 1.86. The van der Waals surface area contributed by atoms with Crippen molar-refractivity contribution in [1.29, 1.82) is 0 Å². The van der Waals surface area contributed by atoms with E-state index in [9.17, 15) is 9.59 Å². The molecule has 1 aliphatic rings. The van der Waals surface area contributed by atoms with Crippen LogP contribution in [0.1, 0.15) is 20.7 Å². The monoisotopic (exact) mass is 468 g/mol. The molecule has 0 fully saturated rings. The van der Waals surface area contributed by atoms with Crippen molar-refractivity contribution in [2.45, 2.75) is 0 Å². The maximum Gasteiger partial charge on any atom is 0.348 e. The van der Waals surface area contributed by atoms with E-state index in [0.29, 0.717) is 7.14 Å². The maximum atomic E-state index is 11.4. The van der Waals surface area contributed by atoms with Crippen LogP contribution >= 0.6 is 68.4 Å². The Labute approximate surface area is 122 Å². The molecule has 0 saturated carbocycles. The molecule has 0 aromatic heterocycles. The molecule has 1 aromatic carbocycles. The number of cyclic esters (lactones) is 2. The van der Waals surface area contributed by atoms with Gasteiger partial charge in [0.25, 0.3) is 0 Å². The van der Waals surface area contributed by atoms with Gasteiger partial charge in [-0.05, 0) is 45.2 Å². The summed E-state index contributed by atoms with van der Waals surface area (Å²) in [6, 6.07) is 0. The highest BCUT2D eigenvalue weighted by Gasteiger charge is 2.36. The average Bonchev–Trinajstić information content (AvgIpc) is 2.47. The smallest absolute Gasteiger partial charge is 0.348 e. The van der Waals surface area contributed by atoms with Gasteiger partial charge in [-0.25, -0.2) is 9.59 Å². The number of hydrogen-bond donors (Lipinski definition) is 0. The number of esters is 2. The van der Waals surface area contributed by atoms with Crippen LogP contribution in [-0.2, 0) is 4.74 Å². The molecule has 2 rings (SSSR count). The lowest BCUT2D eigenvalue weighted by Gasteiger charge is -2.05. The predicted molar refractivity (Wildman–Crippen MR) is 71.6 cm³/mol. The zero-order valence-corrected chi connectivity index (χ0v) is 12.6. The summed E-state index contributed by atoms with van der Waals surface area (Å²) in [5.41, 5.74) is 0.416. The Bertz CT molecular complexity index is 468. The summed E-state index contributed by atoms with van der Waals surface area (Å²) in [5, 5.41) is 0.541. The first-order valence-electron chi connectivity index (χ1n) is 3.57. The second-order valence-electron chi connectivity index (χ2n) is 2.68. The molecule has 1 aromatic rings. The highest BCUT2D eigenvalue weighted by molar-refractivity contribution is 14.1. The lowest BCUT2D eigenvalue weighted by atomic mass is 10.1. The van der Waals surface area contributed by atoms with Gasteiger partial charge in [0.1, 0.15) is 0 Å². The third kappa shape index (κ3) is 1.67. The van der Waals surface area contributed by atoms with E-state index in [-0.39, 0.29) is 21.2 Å². The molecule has 0 N–H and O–H groups in total. The van der Waals surface area contributed by atoms with Crippen LogP contribution in [-0.4, -0.2) is 11.9 Å². The summed E-state index contributed by atoms with van der Waals surface area (Å²) >= 11 is 15.6. The Morgan fingerprint density at radius 2 is 1.20 bits per heavy atom. The Morgan fingerprint density at radius 3 is 1.53 bits per heavy atom. The minimum atomic E-state index is -0.670. The quantitative estimate of drug-likeness (QED) is 0.192. The van der Waals surface area contributed by atoms with Crippen LogP contribution in [0.5, 0.6) is 0 Å². The molecule has 15 heavy (non-hydrogen) atoms. The summed E-state index contributed by atoms with van der Waals surface area (Å²) in [6.45, 7) is 0. The van der Waals surface area contributed by atoms with Gasteiger partial charge in [0.2, 0.25) is 0 Å². The highest BCUT2D eigenvalue weighted by Crippen LogP contribution is 2.40. The molecule has 0 unspecified atom stereocenters. The van der Waals surface area contributed by atoms with Crippen molar-refractivity contribution in [3.05, 3.63) is 28.3 Å². The van der Waals surface area contributed by atoms with E-state index in [1.807, 2.05) is 45.2 Å². The van der Waals surface area contributed by atoms with E-state index in [1.165, 1.54) is 0 Å². The fraction of sp³-hybridized carbons (Fsp3) is 0. The number of carbonyl (C=O) groups excluding carboxylic acids is 2. The molecular formula is C8Cl2I2O3. The van der Waals surface area contributed by atoms with Crippen molar-refractivity contribution in [2.75, 3.05) is 0 Å². The molecule has 0 spiro atoms. The molecule has 78 valence electrons. The van der Waals surface area contributed by atoms with E-state index in [2.05, 4.69) is 4.74 Å². The minimum absolute atomic E-state index is 0.208. The van der Waals surface area contributed by atoms with Crippen LogP contribution < -0.4 is 0 Å². The van der Waals surface area contributed by atoms with Crippen LogP contribution in [0.15, 0.2) is 0 Å². The van der Waals surface area contributed by atoms with Gasteiger partial charge in [-0.2, -0.15) is 0 Å². The topological polar surface area (TPSA) is 43.4 Å². The fourth-order valence-corrected chi connectivity index (χ4v) is 3.42. The number of hydrogen-bond acceptors (Lipinski definition) is 3. The molecule has 0 saturated heterocycles. The fourth-order valence-electron chi connectivity index (χ4n) is 1.20. The number of halogens is 4. The first-order chi connectivity index (χ1) is 6.95. The highest BCUT2D eigenvalue weighted by atomic mass is 127. The lowest BCUT2D eigenvalue weighted by molar-refractivity contribution is 0.0443. The van der Waals surface area contributed by atoms with E-state index < -0.39 is 11.9 Å². The van der Waals surface area contributed by atoms with Crippen molar-refractivity contribution in [1.82, 2.24) is 0 Å². The van der Waals surface area contributed by atoms with Crippen molar-refractivity contribution in [2.24, 2.45) is 0 Å². The van der Waals surface area contributed by atoms with Crippen LogP contribution in [0.25, 0.3) is 0 Å². The second-order valence-corrected chi connectivity index (χ2v) is 5.60. The summed E-state index contributed by atoms with van der Waals surface area (Å²) in [6.07, 6.45) is 0. The molecule has 0 radical (unpaired) electrons. The number of fused-ring (bicyclic) bond motifs is 1. The van der Waals surface area contributed by atoms with Crippen LogP contribution in [0.2, 0.25) is 10.0 Å². The van der Waals surface area contributed by atoms with Gasteiger partial charge in [-0.3, -0.25) is 0 Å². The maximum absolute atomic E-state index is 11.4. The van der Waals surface area contributed by atoms with E-state index in [4.69, 9.17) is 23.2 Å². The van der Waals surface area contributed by atoms with E-state index in [1.54, 1.807) is 0 Å². The summed E-state index contributed by atoms with van der Waals surface area (Å²) in [7, 11) is 0. The number of benzene rings is 1. The normalized spacial score (nSPS) is 14.1. The second kappa shape index (κ2) is 4.01. The van der Waals surface area contributed by atoms with Gasteiger partial charge in [0.15, 0.2) is 0 Å². The van der Waals surface area contributed by atoms with Gasteiger partial charge < -0.3 is 4.74 Å². The molecule has 0 bridgehead atoms. The molecule has 0 atom stereocenters. The van der Waals surface area contributed by atoms with Gasteiger partial charge >= 0.3 is 11.9 Å². The van der Waals surface area contributed by atoms with Crippen molar-refractivity contribution < 1.29 is 14.3 Å². The summed E-state index contributed by atoms with van der Waals surface area (Å²) in [4.78, 5) is 22.7. The molecule has 1 aliphatic heterocycles. The lowest BCUT2D eigenvalue weighted by Crippen LogP contribution is -2.00. The molecule has 1 heterocycles. The van der Waals surface area contributed by atoms with Crippen molar-refractivity contribution in [3.8, 4) is 0 Å². The SMILES string of the molecule is O=C1OC(=O)c2c(I)c(Cl)c(Cl)c(I)c21. The van der Waals surface area contributed by atoms with Gasteiger partial charge in [-0.1, -0.05) is 23.2 Å². The largest absolute Gasteiger partial charge is 0.386 e. The Morgan fingerprint density at radius 1 is 0.867 bits per heavy atom. The van der Waals surface area contributed by atoms with Gasteiger partial charge in [0.05, 0.1) is 21.2 Å². The van der Waals surface area contributed by atoms with E-state index >= 15 is 0 Å². The van der Waals surface area contributed by atoms with Crippen molar-refractivity contribution in [3.63, 3.8) is 0 Å². The minimum Gasteiger partial charge on any atom is -0.386 e. The molecular weight excluding hydrogens is 469 g/mol. The molecule has 0 amide bonds. The molecule has 3 nitrogen and oxygen atoms in total. The number of carbonyl (C=O) groups is 2. The zero-order valence-electron chi connectivity index (χ0n) is 6.74. The first-order valence-corrected chi connectivity index (χ1v) is 6.49. The molecule has 0 aliphatic carbocycles. The number of rotatable bonds is 0. The Hall–Kier alpha value is 0.400. The average molecular weight is 469 g/mol. The third-order valence-corrected chi connectivity index (χ3v) is 5.51. The summed E-state index contributed by atoms with van der Waals surface area (Å²) in [5.74, 6) is -1.34. The van der Waals surface area contributed by atoms with Crippen LogP contribution in [0.3, 0.4) is 0 Å². The number of ether oxygens (including phenoxy) is 1.